The molecule has 2 aromatic heterocycles. The number of anilines is 2. The van der Waals surface area contributed by atoms with Crippen LogP contribution in [0.3, 0.4) is 0 Å². The molecule has 0 saturated heterocycles. The highest BCUT2D eigenvalue weighted by atomic mass is 15.4. The highest BCUT2D eigenvalue weighted by Gasteiger charge is 2.16. The average molecular weight is 420 g/mol. The molecule has 0 saturated carbocycles. The minimum atomic E-state index is 0.620. The molecule has 0 aliphatic carbocycles. The van der Waals surface area contributed by atoms with Crippen molar-refractivity contribution in [3.8, 4) is 11.4 Å². The quantitative estimate of drug-likeness (QED) is 0.338. The number of para-hydroxylation sites is 2. The molecule has 0 aliphatic rings. The SMILES string of the molecule is Cc1cc(C)cc(N(Cc2ccn(-c3ccccc3)n2)c2ccn(-c3ccccc3)n2)c1. The van der Waals surface area contributed by atoms with Gasteiger partial charge in [-0.05, 0) is 67.4 Å². The molecule has 0 radical (unpaired) electrons. The molecule has 0 N–H and O–H groups in total. The van der Waals surface area contributed by atoms with Crippen molar-refractivity contribution in [2.24, 2.45) is 0 Å². The van der Waals surface area contributed by atoms with E-state index in [1.54, 1.807) is 0 Å². The van der Waals surface area contributed by atoms with E-state index in [-0.39, 0.29) is 0 Å². The largest absolute Gasteiger partial charge is 0.319 e. The average Bonchev–Trinajstić information content (AvgIpc) is 3.48. The molecule has 0 amide bonds. The van der Waals surface area contributed by atoms with Crippen molar-refractivity contribution >= 4 is 11.5 Å². The summed E-state index contributed by atoms with van der Waals surface area (Å²) in [6.45, 7) is 4.87. The first-order valence-electron chi connectivity index (χ1n) is 10.7. The van der Waals surface area contributed by atoms with Crippen LogP contribution in [0.5, 0.6) is 0 Å². The van der Waals surface area contributed by atoms with Crippen LogP contribution in [0, 0.1) is 13.8 Å². The van der Waals surface area contributed by atoms with Crippen LogP contribution in [0.4, 0.5) is 11.5 Å². The third kappa shape index (κ3) is 4.18. The number of hydrogen-bond donors (Lipinski definition) is 0. The minimum absolute atomic E-state index is 0.620. The first-order chi connectivity index (χ1) is 15.7. The molecule has 0 fully saturated rings. The molecule has 32 heavy (non-hydrogen) atoms. The highest BCUT2D eigenvalue weighted by molar-refractivity contribution is 5.62. The maximum atomic E-state index is 4.89. The van der Waals surface area contributed by atoms with Gasteiger partial charge in [-0.1, -0.05) is 42.5 Å². The second-order valence-electron chi connectivity index (χ2n) is 7.97. The van der Waals surface area contributed by atoms with E-state index >= 15 is 0 Å². The van der Waals surface area contributed by atoms with Gasteiger partial charge in [-0.2, -0.15) is 5.10 Å². The van der Waals surface area contributed by atoms with Gasteiger partial charge in [0.2, 0.25) is 0 Å². The predicted molar refractivity (Wildman–Crippen MR) is 129 cm³/mol. The van der Waals surface area contributed by atoms with E-state index in [1.165, 1.54) is 11.1 Å². The van der Waals surface area contributed by atoms with E-state index in [9.17, 15) is 0 Å². The first kappa shape index (κ1) is 19.8. The number of benzene rings is 3. The molecule has 0 atom stereocenters. The molecule has 5 heteroatoms. The van der Waals surface area contributed by atoms with Gasteiger partial charge >= 0.3 is 0 Å². The zero-order chi connectivity index (χ0) is 21.9. The normalized spacial score (nSPS) is 10.9. The Morgan fingerprint density at radius 1 is 0.656 bits per heavy atom. The van der Waals surface area contributed by atoms with Crippen molar-refractivity contribution in [1.29, 1.82) is 0 Å². The lowest BCUT2D eigenvalue weighted by molar-refractivity contribution is 0.805. The maximum Gasteiger partial charge on any atom is 0.155 e. The topological polar surface area (TPSA) is 38.9 Å². The highest BCUT2D eigenvalue weighted by Crippen LogP contribution is 2.28. The summed E-state index contributed by atoms with van der Waals surface area (Å²) in [5.74, 6) is 0.883. The molecule has 158 valence electrons. The summed E-state index contributed by atoms with van der Waals surface area (Å²) in [6, 6.07) is 31.0. The second kappa shape index (κ2) is 8.55. The molecule has 0 spiro atoms. The van der Waals surface area contributed by atoms with Crippen LogP contribution in [-0.2, 0) is 6.54 Å². The third-order valence-corrected chi connectivity index (χ3v) is 5.38. The van der Waals surface area contributed by atoms with E-state index in [1.807, 2.05) is 58.2 Å². The number of aromatic nitrogens is 4. The molecular formula is C27H25N5. The summed E-state index contributed by atoms with van der Waals surface area (Å²) < 4.78 is 3.82. The zero-order valence-corrected chi connectivity index (χ0v) is 18.3. The molecule has 3 aromatic carbocycles. The van der Waals surface area contributed by atoms with E-state index < -0.39 is 0 Å². The van der Waals surface area contributed by atoms with Gasteiger partial charge < -0.3 is 4.90 Å². The molecular weight excluding hydrogens is 394 g/mol. The Balaban J connectivity index is 1.51. The van der Waals surface area contributed by atoms with Crippen LogP contribution in [0.15, 0.2) is 103 Å². The van der Waals surface area contributed by atoms with E-state index in [2.05, 4.69) is 73.3 Å². The van der Waals surface area contributed by atoms with E-state index in [0.29, 0.717) is 6.54 Å². The third-order valence-electron chi connectivity index (χ3n) is 5.38. The summed E-state index contributed by atoms with van der Waals surface area (Å²) in [4.78, 5) is 2.22. The molecule has 5 nitrogen and oxygen atoms in total. The summed E-state index contributed by atoms with van der Waals surface area (Å²) in [6.07, 6.45) is 4.01. The van der Waals surface area contributed by atoms with Crippen LogP contribution >= 0.6 is 0 Å². The maximum absolute atomic E-state index is 4.89. The van der Waals surface area contributed by atoms with Gasteiger partial charge in [-0.3, -0.25) is 0 Å². The Hall–Kier alpha value is -4.12. The lowest BCUT2D eigenvalue weighted by Crippen LogP contribution is -2.18. The molecule has 0 aliphatic heterocycles. The van der Waals surface area contributed by atoms with Gasteiger partial charge in [-0.15, -0.1) is 5.10 Å². The Morgan fingerprint density at radius 3 is 1.84 bits per heavy atom. The van der Waals surface area contributed by atoms with Gasteiger partial charge in [0.25, 0.3) is 0 Å². The van der Waals surface area contributed by atoms with Crippen molar-refractivity contribution < 1.29 is 0 Å². The first-order valence-corrected chi connectivity index (χ1v) is 10.7. The Labute approximate surface area is 188 Å². The van der Waals surface area contributed by atoms with Crippen molar-refractivity contribution in [2.45, 2.75) is 20.4 Å². The lowest BCUT2D eigenvalue weighted by atomic mass is 10.1. The smallest absolute Gasteiger partial charge is 0.155 e. The summed E-state index contributed by atoms with van der Waals surface area (Å²) in [7, 11) is 0. The summed E-state index contributed by atoms with van der Waals surface area (Å²) in [5, 5.41) is 9.71. The molecule has 0 bridgehead atoms. The monoisotopic (exact) mass is 419 g/mol. The van der Waals surface area contributed by atoms with E-state index in [4.69, 9.17) is 10.2 Å². The molecule has 0 unspecified atom stereocenters. The number of aryl methyl sites for hydroxylation is 2. The fourth-order valence-corrected chi connectivity index (χ4v) is 3.93. The van der Waals surface area contributed by atoms with Gasteiger partial charge in [0, 0.05) is 24.1 Å². The van der Waals surface area contributed by atoms with Crippen molar-refractivity contribution in [1.82, 2.24) is 19.6 Å². The van der Waals surface area contributed by atoms with Gasteiger partial charge in [0.05, 0.1) is 23.6 Å². The predicted octanol–water partition coefficient (Wildman–Crippen LogP) is 6.01. The van der Waals surface area contributed by atoms with Crippen molar-refractivity contribution in [3.63, 3.8) is 0 Å². The van der Waals surface area contributed by atoms with Gasteiger partial charge in [0.15, 0.2) is 5.82 Å². The fourth-order valence-electron chi connectivity index (χ4n) is 3.93. The van der Waals surface area contributed by atoms with Gasteiger partial charge in [0.1, 0.15) is 0 Å². The number of rotatable bonds is 6. The van der Waals surface area contributed by atoms with Crippen molar-refractivity contribution in [2.75, 3.05) is 4.90 Å². The molecule has 5 rings (SSSR count). The summed E-state index contributed by atoms with van der Waals surface area (Å²) in [5.41, 5.74) is 6.61. The van der Waals surface area contributed by atoms with Gasteiger partial charge in [-0.25, -0.2) is 9.36 Å². The second-order valence-corrected chi connectivity index (χ2v) is 7.97. The number of hydrogen-bond acceptors (Lipinski definition) is 3. The standard InChI is InChI=1S/C27H25N5/c1-21-17-22(2)19-26(18-21)30(27-14-16-32(29-27)25-11-7-4-8-12-25)20-23-13-15-31(28-23)24-9-5-3-6-10-24/h3-19H,20H2,1-2H3. The Bertz CT molecular complexity index is 1300. The fraction of sp³-hybridized carbons (Fsp3) is 0.111. The Morgan fingerprint density at radius 2 is 1.22 bits per heavy atom. The van der Waals surface area contributed by atoms with Crippen molar-refractivity contribution in [3.05, 3.63) is 120 Å². The van der Waals surface area contributed by atoms with E-state index in [0.717, 1.165) is 28.6 Å². The van der Waals surface area contributed by atoms with Crippen LogP contribution in [0.2, 0.25) is 0 Å². The minimum Gasteiger partial charge on any atom is -0.319 e. The van der Waals surface area contributed by atoms with Crippen LogP contribution in [0.25, 0.3) is 11.4 Å². The summed E-state index contributed by atoms with van der Waals surface area (Å²) >= 11 is 0. The van der Waals surface area contributed by atoms with Crippen LogP contribution < -0.4 is 4.90 Å². The Kier molecular flexibility index (Phi) is 5.30. The molecule has 5 aromatic rings. The zero-order valence-electron chi connectivity index (χ0n) is 18.3. The molecule has 2 heterocycles. The van der Waals surface area contributed by atoms with Crippen LogP contribution in [0.1, 0.15) is 16.8 Å². The van der Waals surface area contributed by atoms with Crippen LogP contribution in [-0.4, -0.2) is 19.6 Å². The number of nitrogens with zero attached hydrogens (tertiary/aromatic N) is 5. The lowest BCUT2D eigenvalue weighted by Gasteiger charge is -2.22.